The fourth-order valence-corrected chi connectivity index (χ4v) is 7.03. The van der Waals surface area contributed by atoms with Crippen LogP contribution < -0.4 is 10.1 Å². The summed E-state index contributed by atoms with van der Waals surface area (Å²) >= 11 is 6.21. The van der Waals surface area contributed by atoms with Crippen molar-refractivity contribution >= 4 is 23.6 Å². The van der Waals surface area contributed by atoms with E-state index in [1.54, 1.807) is 29.3 Å². The van der Waals surface area contributed by atoms with E-state index in [9.17, 15) is 9.59 Å². The van der Waals surface area contributed by atoms with Gasteiger partial charge in [-0.3, -0.25) is 14.7 Å². The molecule has 0 atom stereocenters. The number of aryl methyl sites for hydroxylation is 1. The molecule has 1 saturated heterocycles. The molecule has 1 aliphatic carbocycles. The Bertz CT molecular complexity index is 1370. The van der Waals surface area contributed by atoms with Crippen LogP contribution in [0.2, 0.25) is 5.02 Å². The molecule has 0 spiro atoms. The molecule has 2 aliphatic rings. The Labute approximate surface area is 273 Å². The van der Waals surface area contributed by atoms with Crippen LogP contribution in [0.4, 0.5) is 4.79 Å². The minimum Gasteiger partial charge on any atom is -0.489 e. The zero-order valence-electron chi connectivity index (χ0n) is 27.8. The van der Waals surface area contributed by atoms with Crippen LogP contribution in [0.25, 0.3) is 0 Å². The number of unbranched alkanes of at least 4 members (excludes halogenated alkanes) is 2. The van der Waals surface area contributed by atoms with Crippen LogP contribution >= 0.6 is 11.6 Å². The summed E-state index contributed by atoms with van der Waals surface area (Å²) in [6, 6.07) is 10.8. The molecule has 1 aliphatic heterocycles. The Balaban J connectivity index is 1.18. The summed E-state index contributed by atoms with van der Waals surface area (Å²) in [6.45, 7) is 18.2. The average molecular weight is 638 g/mol. The van der Waals surface area contributed by atoms with Crippen LogP contribution in [0.5, 0.6) is 5.75 Å². The SMILES string of the molecule is CC(C)(C)OC(=O)N1CCN(CCCCCc2ccc(C(=O)NC3C(C)(C)C(Oc4ccc(C#N)c(Cl)c4)C3(C)C)cn2)CC1. The summed E-state index contributed by atoms with van der Waals surface area (Å²) in [7, 11) is 0. The number of nitrogens with zero attached hydrogens (tertiary/aromatic N) is 4. The first kappa shape index (κ1) is 34.5. The predicted octanol–water partition coefficient (Wildman–Crippen LogP) is 6.48. The number of hydrogen-bond acceptors (Lipinski definition) is 7. The maximum atomic E-state index is 13.2. The lowest BCUT2D eigenvalue weighted by atomic mass is 9.49. The second-order valence-electron chi connectivity index (χ2n) is 14.5. The topological polar surface area (TPSA) is 108 Å². The molecule has 1 aromatic heterocycles. The van der Waals surface area contributed by atoms with Crippen LogP contribution in [0.1, 0.15) is 89.3 Å². The number of piperazine rings is 1. The van der Waals surface area contributed by atoms with Gasteiger partial charge in [-0.2, -0.15) is 5.26 Å². The lowest BCUT2D eigenvalue weighted by Gasteiger charge is -2.63. The first-order chi connectivity index (χ1) is 21.1. The van der Waals surface area contributed by atoms with Crippen LogP contribution in [0.15, 0.2) is 36.5 Å². The third-order valence-corrected chi connectivity index (χ3v) is 9.26. The minimum atomic E-state index is -0.466. The Hall–Kier alpha value is -3.35. The molecule has 2 amide bonds. The van der Waals surface area contributed by atoms with E-state index in [0.29, 0.717) is 35.0 Å². The van der Waals surface area contributed by atoms with Crippen molar-refractivity contribution in [3.8, 4) is 11.8 Å². The highest BCUT2D eigenvalue weighted by molar-refractivity contribution is 6.31. The normalized spacial score (nSPS) is 20.9. The molecule has 1 aromatic carbocycles. The number of pyridine rings is 1. The van der Waals surface area contributed by atoms with Crippen LogP contribution in [-0.4, -0.2) is 77.3 Å². The van der Waals surface area contributed by atoms with Gasteiger partial charge in [0.25, 0.3) is 5.91 Å². The minimum absolute atomic E-state index is 0.115. The van der Waals surface area contributed by atoms with E-state index in [4.69, 9.17) is 26.3 Å². The van der Waals surface area contributed by atoms with Crippen molar-refractivity contribution in [3.63, 3.8) is 0 Å². The van der Waals surface area contributed by atoms with Gasteiger partial charge in [-0.25, -0.2) is 4.79 Å². The van der Waals surface area contributed by atoms with E-state index in [0.717, 1.165) is 51.0 Å². The summed E-state index contributed by atoms with van der Waals surface area (Å²) in [4.78, 5) is 34.3. The highest BCUT2D eigenvalue weighted by atomic mass is 35.5. The van der Waals surface area contributed by atoms with Crippen LogP contribution in [-0.2, 0) is 11.2 Å². The highest BCUT2D eigenvalue weighted by Gasteiger charge is 2.64. The maximum Gasteiger partial charge on any atom is 0.410 e. The number of rotatable bonds is 10. The van der Waals surface area contributed by atoms with Crippen molar-refractivity contribution in [2.45, 2.75) is 91.9 Å². The number of nitrogens with one attached hydrogen (secondary N) is 1. The van der Waals surface area contributed by atoms with E-state index < -0.39 is 5.60 Å². The molecule has 0 radical (unpaired) electrons. The summed E-state index contributed by atoms with van der Waals surface area (Å²) in [5.74, 6) is 0.458. The third-order valence-electron chi connectivity index (χ3n) is 8.95. The van der Waals surface area contributed by atoms with Gasteiger partial charge >= 0.3 is 6.09 Å². The molecular formula is C35H48ClN5O4. The van der Waals surface area contributed by atoms with E-state index in [2.05, 4.69) is 49.0 Å². The van der Waals surface area contributed by atoms with Crippen LogP contribution in [0, 0.1) is 22.2 Å². The number of hydrogen-bond donors (Lipinski definition) is 1. The van der Waals surface area contributed by atoms with E-state index in [1.807, 2.05) is 32.9 Å². The van der Waals surface area contributed by atoms with Gasteiger partial charge in [0.15, 0.2) is 0 Å². The first-order valence-electron chi connectivity index (χ1n) is 15.9. The monoisotopic (exact) mass is 637 g/mol. The summed E-state index contributed by atoms with van der Waals surface area (Å²) in [5.41, 5.74) is 0.795. The van der Waals surface area contributed by atoms with Crippen LogP contribution in [0.3, 0.4) is 0 Å². The van der Waals surface area contributed by atoms with Crippen molar-refractivity contribution in [2.24, 2.45) is 10.8 Å². The molecule has 244 valence electrons. The fraction of sp³-hybridized carbons (Fsp3) is 0.600. The van der Waals surface area contributed by atoms with Crippen molar-refractivity contribution in [3.05, 3.63) is 58.4 Å². The molecule has 0 unspecified atom stereocenters. The van der Waals surface area contributed by atoms with Gasteiger partial charge < -0.3 is 19.7 Å². The molecule has 1 saturated carbocycles. The Morgan fingerprint density at radius 3 is 2.31 bits per heavy atom. The average Bonchev–Trinajstić information content (AvgIpc) is 2.98. The lowest BCUT2D eigenvalue weighted by Crippen LogP contribution is -2.74. The number of aromatic nitrogens is 1. The number of amides is 2. The number of nitriles is 1. The summed E-state index contributed by atoms with van der Waals surface area (Å²) < 4.78 is 11.8. The van der Waals surface area contributed by atoms with Crippen molar-refractivity contribution in [1.82, 2.24) is 20.1 Å². The number of benzene rings is 1. The highest BCUT2D eigenvalue weighted by Crippen LogP contribution is 2.55. The molecule has 1 N–H and O–H groups in total. The zero-order chi connectivity index (χ0) is 33.0. The maximum absolute atomic E-state index is 13.2. The molecule has 2 aromatic rings. The van der Waals surface area contributed by atoms with Gasteiger partial charge in [-0.1, -0.05) is 45.7 Å². The number of ether oxygens (including phenoxy) is 2. The Morgan fingerprint density at radius 2 is 1.73 bits per heavy atom. The molecule has 10 heteroatoms. The van der Waals surface area contributed by atoms with Gasteiger partial charge in [0.1, 0.15) is 23.5 Å². The Morgan fingerprint density at radius 1 is 1.04 bits per heavy atom. The summed E-state index contributed by atoms with van der Waals surface area (Å²) in [6.07, 6.45) is 5.38. The van der Waals surface area contributed by atoms with Crippen molar-refractivity contribution in [1.29, 1.82) is 5.26 Å². The van der Waals surface area contributed by atoms with Gasteiger partial charge in [0, 0.05) is 61.0 Å². The smallest absolute Gasteiger partial charge is 0.410 e. The van der Waals surface area contributed by atoms with E-state index in [-0.39, 0.29) is 35.0 Å². The molecule has 4 rings (SSSR count). The van der Waals surface area contributed by atoms with Crippen molar-refractivity contribution in [2.75, 3.05) is 32.7 Å². The van der Waals surface area contributed by atoms with Gasteiger partial charge in [0.2, 0.25) is 0 Å². The summed E-state index contributed by atoms with van der Waals surface area (Å²) in [5, 5.41) is 12.7. The number of halogens is 1. The van der Waals surface area contributed by atoms with Gasteiger partial charge in [-0.15, -0.1) is 0 Å². The number of carbonyl (C=O) groups is 2. The fourth-order valence-electron chi connectivity index (χ4n) is 6.82. The second-order valence-corrected chi connectivity index (χ2v) is 14.9. The van der Waals surface area contributed by atoms with Gasteiger partial charge in [0.05, 0.1) is 16.1 Å². The molecule has 2 fully saturated rings. The molecule has 9 nitrogen and oxygen atoms in total. The number of carbonyl (C=O) groups excluding carboxylic acids is 2. The molecule has 45 heavy (non-hydrogen) atoms. The largest absolute Gasteiger partial charge is 0.489 e. The molecular weight excluding hydrogens is 590 g/mol. The molecule has 0 bridgehead atoms. The molecule has 2 heterocycles. The zero-order valence-corrected chi connectivity index (χ0v) is 28.5. The predicted molar refractivity (Wildman–Crippen MR) is 175 cm³/mol. The van der Waals surface area contributed by atoms with E-state index >= 15 is 0 Å². The standard InChI is InChI=1S/C35H48ClN5O4/c1-33(2,3)45-32(43)41-19-17-40(18-20-41)16-10-8-9-11-26-14-12-25(23-38-26)29(42)39-30-34(4,5)31(35(30,6)7)44-27-15-13-24(22-37)28(36)21-27/h12-15,21,23,30-31H,8-11,16-20H2,1-7H3,(H,39,42). The van der Waals surface area contributed by atoms with E-state index in [1.165, 1.54) is 0 Å². The first-order valence-corrected chi connectivity index (χ1v) is 16.3. The third kappa shape index (κ3) is 8.47. The van der Waals surface area contributed by atoms with Crippen molar-refractivity contribution < 1.29 is 19.1 Å². The quantitative estimate of drug-likeness (QED) is 0.297. The van der Waals surface area contributed by atoms with Gasteiger partial charge in [-0.05, 0) is 70.8 Å². The lowest BCUT2D eigenvalue weighted by molar-refractivity contribution is -0.164. The second kappa shape index (κ2) is 14.0. The Kier molecular flexibility index (Phi) is 10.7.